The lowest BCUT2D eigenvalue weighted by atomic mass is 9.93. The summed E-state index contributed by atoms with van der Waals surface area (Å²) >= 11 is 1.86. The zero-order valence-corrected chi connectivity index (χ0v) is 14.5. The molecule has 0 fully saturated rings. The van der Waals surface area contributed by atoms with Crippen LogP contribution >= 0.6 is 11.3 Å². The van der Waals surface area contributed by atoms with Crippen molar-refractivity contribution in [2.75, 3.05) is 20.6 Å². The Morgan fingerprint density at radius 2 is 1.96 bits per heavy atom. The highest BCUT2D eigenvalue weighted by atomic mass is 32.1. The SMILES string of the molecule is C[C@H](c1ccc(F)cn1)c1c(CCN(C)C)sc2ccccc12. The van der Waals surface area contributed by atoms with Crippen molar-refractivity contribution in [2.45, 2.75) is 19.3 Å². The Morgan fingerprint density at radius 3 is 2.65 bits per heavy atom. The minimum absolute atomic E-state index is 0.156. The summed E-state index contributed by atoms with van der Waals surface area (Å²) in [5.41, 5.74) is 2.26. The standard InChI is InChI=1S/C19H21FN2S/c1-13(16-9-8-14(20)12-21-16)19-15-6-4-5-7-17(15)23-18(19)10-11-22(2)3/h4-9,12-13H,10-11H2,1-3H3/t13-/m1/s1. The van der Waals surface area contributed by atoms with Crippen LogP contribution < -0.4 is 0 Å². The molecule has 0 spiro atoms. The largest absolute Gasteiger partial charge is 0.309 e. The minimum Gasteiger partial charge on any atom is -0.309 e. The van der Waals surface area contributed by atoms with E-state index in [1.54, 1.807) is 6.07 Å². The molecule has 3 aromatic rings. The van der Waals surface area contributed by atoms with Crippen molar-refractivity contribution >= 4 is 21.4 Å². The van der Waals surface area contributed by atoms with Crippen LogP contribution in [0.1, 0.15) is 29.0 Å². The van der Waals surface area contributed by atoms with Gasteiger partial charge >= 0.3 is 0 Å². The van der Waals surface area contributed by atoms with Crippen molar-refractivity contribution in [3.63, 3.8) is 0 Å². The third-order valence-electron chi connectivity index (χ3n) is 4.12. The Balaban J connectivity index is 2.06. The number of rotatable bonds is 5. The summed E-state index contributed by atoms with van der Waals surface area (Å²) in [4.78, 5) is 7.90. The molecule has 0 N–H and O–H groups in total. The highest BCUT2D eigenvalue weighted by Gasteiger charge is 2.20. The number of aromatic nitrogens is 1. The molecule has 0 saturated heterocycles. The lowest BCUT2D eigenvalue weighted by Crippen LogP contribution is -2.15. The van der Waals surface area contributed by atoms with E-state index >= 15 is 0 Å². The third-order valence-corrected chi connectivity index (χ3v) is 5.37. The summed E-state index contributed by atoms with van der Waals surface area (Å²) in [6, 6.07) is 11.8. The van der Waals surface area contributed by atoms with Gasteiger partial charge in [-0.1, -0.05) is 25.1 Å². The second-order valence-electron chi connectivity index (χ2n) is 6.11. The lowest BCUT2D eigenvalue weighted by molar-refractivity contribution is 0.414. The number of benzene rings is 1. The summed E-state index contributed by atoms with van der Waals surface area (Å²) in [7, 11) is 4.19. The zero-order valence-electron chi connectivity index (χ0n) is 13.7. The Kier molecular flexibility index (Phi) is 4.74. The van der Waals surface area contributed by atoms with Crippen LogP contribution in [-0.2, 0) is 6.42 Å². The van der Waals surface area contributed by atoms with Gasteiger partial charge in [0.05, 0.1) is 6.20 Å². The van der Waals surface area contributed by atoms with E-state index in [0.29, 0.717) is 0 Å². The number of thiophene rings is 1. The van der Waals surface area contributed by atoms with Gasteiger partial charge in [-0.25, -0.2) is 4.39 Å². The van der Waals surface area contributed by atoms with Gasteiger partial charge in [0.2, 0.25) is 0 Å². The van der Waals surface area contributed by atoms with Crippen molar-refractivity contribution < 1.29 is 4.39 Å². The van der Waals surface area contributed by atoms with Crippen LogP contribution in [0.4, 0.5) is 4.39 Å². The van der Waals surface area contributed by atoms with Gasteiger partial charge in [-0.2, -0.15) is 0 Å². The number of halogens is 1. The van der Waals surface area contributed by atoms with E-state index in [2.05, 4.69) is 55.2 Å². The molecule has 0 saturated carbocycles. The quantitative estimate of drug-likeness (QED) is 0.675. The number of hydrogen-bond acceptors (Lipinski definition) is 3. The molecule has 23 heavy (non-hydrogen) atoms. The second-order valence-corrected chi connectivity index (χ2v) is 7.25. The molecule has 2 nitrogen and oxygen atoms in total. The molecule has 0 amide bonds. The zero-order chi connectivity index (χ0) is 16.4. The molecule has 120 valence electrons. The Labute approximate surface area is 140 Å². The van der Waals surface area contributed by atoms with E-state index in [1.807, 2.05) is 11.3 Å². The van der Waals surface area contributed by atoms with Crippen molar-refractivity contribution in [2.24, 2.45) is 0 Å². The van der Waals surface area contributed by atoms with Crippen molar-refractivity contribution in [3.8, 4) is 0 Å². The summed E-state index contributed by atoms with van der Waals surface area (Å²) in [6.07, 6.45) is 2.33. The van der Waals surface area contributed by atoms with Crippen LogP contribution in [0.15, 0.2) is 42.6 Å². The van der Waals surface area contributed by atoms with E-state index in [-0.39, 0.29) is 11.7 Å². The van der Waals surface area contributed by atoms with Gasteiger partial charge in [0, 0.05) is 27.7 Å². The van der Waals surface area contributed by atoms with E-state index in [9.17, 15) is 4.39 Å². The molecule has 2 heterocycles. The van der Waals surface area contributed by atoms with Crippen LogP contribution in [0, 0.1) is 5.82 Å². The van der Waals surface area contributed by atoms with Crippen molar-refractivity contribution in [1.82, 2.24) is 9.88 Å². The van der Waals surface area contributed by atoms with Crippen LogP contribution in [0.3, 0.4) is 0 Å². The van der Waals surface area contributed by atoms with Gasteiger partial charge in [0.25, 0.3) is 0 Å². The van der Waals surface area contributed by atoms with Gasteiger partial charge in [0.15, 0.2) is 0 Å². The average Bonchev–Trinajstić information content (AvgIpc) is 2.91. The average molecular weight is 328 g/mol. The fourth-order valence-electron chi connectivity index (χ4n) is 2.89. The van der Waals surface area contributed by atoms with Gasteiger partial charge < -0.3 is 4.90 Å². The molecule has 1 aromatic carbocycles. The summed E-state index contributed by atoms with van der Waals surface area (Å²) in [5, 5.41) is 1.30. The Hall–Kier alpha value is -1.78. The maximum atomic E-state index is 13.2. The van der Waals surface area contributed by atoms with E-state index < -0.39 is 0 Å². The summed E-state index contributed by atoms with van der Waals surface area (Å²) in [5.74, 6) is -0.132. The maximum absolute atomic E-state index is 13.2. The minimum atomic E-state index is -0.288. The smallest absolute Gasteiger partial charge is 0.141 e. The fraction of sp³-hybridized carbons (Fsp3) is 0.316. The first kappa shape index (κ1) is 16.1. The Bertz CT molecular complexity index is 793. The van der Waals surface area contributed by atoms with Gasteiger partial charge in [0.1, 0.15) is 5.82 Å². The van der Waals surface area contributed by atoms with E-state index in [1.165, 1.54) is 32.8 Å². The molecule has 2 aromatic heterocycles. The molecule has 0 aliphatic carbocycles. The highest BCUT2D eigenvalue weighted by Crippen LogP contribution is 2.38. The molecule has 0 unspecified atom stereocenters. The van der Waals surface area contributed by atoms with Gasteiger partial charge in [-0.05, 0) is 49.7 Å². The van der Waals surface area contributed by atoms with Crippen LogP contribution in [0.2, 0.25) is 0 Å². The molecule has 0 bridgehead atoms. The fourth-order valence-corrected chi connectivity index (χ4v) is 4.18. The van der Waals surface area contributed by atoms with Crippen LogP contribution in [-0.4, -0.2) is 30.5 Å². The maximum Gasteiger partial charge on any atom is 0.141 e. The summed E-state index contributed by atoms with van der Waals surface area (Å²) in [6.45, 7) is 3.18. The monoisotopic (exact) mass is 328 g/mol. The highest BCUT2D eigenvalue weighted by molar-refractivity contribution is 7.19. The normalized spacial score (nSPS) is 12.9. The topological polar surface area (TPSA) is 16.1 Å². The number of nitrogens with zero attached hydrogens (tertiary/aromatic N) is 2. The molecule has 3 rings (SSSR count). The van der Waals surface area contributed by atoms with E-state index in [0.717, 1.165) is 18.7 Å². The predicted molar refractivity (Wildman–Crippen MR) is 95.8 cm³/mol. The molecule has 1 atom stereocenters. The van der Waals surface area contributed by atoms with Crippen LogP contribution in [0.25, 0.3) is 10.1 Å². The van der Waals surface area contributed by atoms with Crippen molar-refractivity contribution in [1.29, 1.82) is 0 Å². The summed E-state index contributed by atoms with van der Waals surface area (Å²) < 4.78 is 14.5. The molecule has 0 aliphatic rings. The second kappa shape index (κ2) is 6.77. The number of hydrogen-bond donors (Lipinski definition) is 0. The third kappa shape index (κ3) is 3.43. The first-order valence-electron chi connectivity index (χ1n) is 7.82. The lowest BCUT2D eigenvalue weighted by Gasteiger charge is -2.15. The molecule has 4 heteroatoms. The van der Waals surface area contributed by atoms with E-state index in [4.69, 9.17) is 0 Å². The van der Waals surface area contributed by atoms with Gasteiger partial charge in [-0.3, -0.25) is 4.98 Å². The molecular weight excluding hydrogens is 307 g/mol. The van der Waals surface area contributed by atoms with Crippen LogP contribution in [0.5, 0.6) is 0 Å². The first-order valence-corrected chi connectivity index (χ1v) is 8.64. The molecule has 0 aliphatic heterocycles. The number of pyridine rings is 1. The number of likely N-dealkylation sites (N-methyl/N-ethyl adjacent to an activating group) is 1. The van der Waals surface area contributed by atoms with Crippen molar-refractivity contribution in [3.05, 3.63) is 64.5 Å². The first-order chi connectivity index (χ1) is 11.1. The predicted octanol–water partition coefficient (Wildman–Crippen LogP) is 4.69. The molecule has 0 radical (unpaired) electrons. The Morgan fingerprint density at radius 1 is 1.17 bits per heavy atom. The number of fused-ring (bicyclic) bond motifs is 1. The van der Waals surface area contributed by atoms with Gasteiger partial charge in [-0.15, -0.1) is 11.3 Å². The molecular formula is C19H21FN2S.